The van der Waals surface area contributed by atoms with E-state index in [1.807, 2.05) is 68.1 Å². The third-order valence-corrected chi connectivity index (χ3v) is 5.97. The molecule has 166 valence electrons. The van der Waals surface area contributed by atoms with Crippen molar-refractivity contribution in [2.75, 3.05) is 7.05 Å². The van der Waals surface area contributed by atoms with Crippen LogP contribution in [-0.2, 0) is 11.2 Å². The summed E-state index contributed by atoms with van der Waals surface area (Å²) in [5, 5.41) is 2.64. The predicted octanol–water partition coefficient (Wildman–Crippen LogP) is 5.16. The lowest BCUT2D eigenvalue weighted by Crippen LogP contribution is -2.46. The molecule has 0 radical (unpaired) electrons. The van der Waals surface area contributed by atoms with Gasteiger partial charge in [-0.05, 0) is 63.3 Å². The average molecular weight is 423 g/mol. The predicted molar refractivity (Wildman–Crippen MR) is 123 cm³/mol. The first-order chi connectivity index (χ1) is 14.7. The number of carbonyl (C=O) groups excluding carboxylic acids is 2. The third kappa shape index (κ3) is 5.66. The average Bonchev–Trinajstić information content (AvgIpc) is 3.16. The molecule has 2 aromatic carbocycles. The molecule has 3 rings (SSSR count). The number of hydrogen-bond donors (Lipinski definition) is 1. The van der Waals surface area contributed by atoms with Gasteiger partial charge in [-0.2, -0.15) is 0 Å². The second-order valence-corrected chi connectivity index (χ2v) is 9.37. The van der Waals surface area contributed by atoms with Crippen LogP contribution in [0.1, 0.15) is 67.9 Å². The van der Waals surface area contributed by atoms with E-state index in [0.717, 1.165) is 24.8 Å². The summed E-state index contributed by atoms with van der Waals surface area (Å²) in [5.41, 5.74) is 2.44. The maximum absolute atomic E-state index is 13.2. The van der Waals surface area contributed by atoms with Crippen LogP contribution in [0.3, 0.4) is 0 Å². The molecule has 0 aromatic heterocycles. The standard InChI is InChI=1S/C26H34N2O3/c1-18(20-9-7-6-8-10-20)23-16-15-22(28(23)25(30)31-26(2,3)4)17-19-11-13-21(14-12-19)24(29)27-5/h6-14,18,22-23H,15-17H2,1-5H3,(H,27,29)/t18-,22?,23-/m1/s1. The number of benzene rings is 2. The van der Waals surface area contributed by atoms with Gasteiger partial charge in [-0.1, -0.05) is 49.4 Å². The van der Waals surface area contributed by atoms with Gasteiger partial charge in [0.2, 0.25) is 0 Å². The van der Waals surface area contributed by atoms with Crippen LogP contribution in [0.25, 0.3) is 0 Å². The van der Waals surface area contributed by atoms with Gasteiger partial charge in [0.1, 0.15) is 5.60 Å². The van der Waals surface area contributed by atoms with Crippen molar-refractivity contribution in [1.82, 2.24) is 10.2 Å². The van der Waals surface area contributed by atoms with E-state index in [0.29, 0.717) is 5.56 Å². The van der Waals surface area contributed by atoms with Crippen LogP contribution >= 0.6 is 0 Å². The fraction of sp³-hybridized carbons (Fsp3) is 0.462. The lowest BCUT2D eigenvalue weighted by molar-refractivity contribution is 0.0126. The Hall–Kier alpha value is -2.82. The summed E-state index contributed by atoms with van der Waals surface area (Å²) in [6.45, 7) is 7.91. The molecule has 5 heteroatoms. The summed E-state index contributed by atoms with van der Waals surface area (Å²) < 4.78 is 5.81. The molecule has 2 amide bonds. The quantitative estimate of drug-likeness (QED) is 0.724. The molecule has 1 aliphatic heterocycles. The van der Waals surface area contributed by atoms with Crippen LogP contribution in [0.15, 0.2) is 54.6 Å². The molecular formula is C26H34N2O3. The van der Waals surface area contributed by atoms with E-state index in [1.54, 1.807) is 7.05 Å². The van der Waals surface area contributed by atoms with Crippen molar-refractivity contribution in [3.8, 4) is 0 Å². The topological polar surface area (TPSA) is 58.6 Å². The molecular weight excluding hydrogens is 388 g/mol. The molecule has 1 aliphatic rings. The van der Waals surface area contributed by atoms with Crippen molar-refractivity contribution in [2.45, 2.75) is 70.6 Å². The Morgan fingerprint density at radius 1 is 1.06 bits per heavy atom. The molecule has 1 saturated heterocycles. The Morgan fingerprint density at radius 3 is 2.29 bits per heavy atom. The molecule has 1 unspecified atom stereocenters. The van der Waals surface area contributed by atoms with Gasteiger partial charge in [0.05, 0.1) is 0 Å². The normalized spacial score (nSPS) is 19.7. The minimum absolute atomic E-state index is 0.0665. The van der Waals surface area contributed by atoms with Gasteiger partial charge in [0.25, 0.3) is 5.91 Å². The van der Waals surface area contributed by atoms with Crippen molar-refractivity contribution in [1.29, 1.82) is 0 Å². The third-order valence-electron chi connectivity index (χ3n) is 5.97. The first-order valence-corrected chi connectivity index (χ1v) is 11.1. The van der Waals surface area contributed by atoms with E-state index in [1.165, 1.54) is 5.56 Å². The highest BCUT2D eigenvalue weighted by Crippen LogP contribution is 2.36. The lowest BCUT2D eigenvalue weighted by atomic mass is 9.92. The number of carbonyl (C=O) groups is 2. The minimum Gasteiger partial charge on any atom is -0.444 e. The molecule has 2 aromatic rings. The van der Waals surface area contributed by atoms with E-state index in [9.17, 15) is 9.59 Å². The molecule has 0 spiro atoms. The Morgan fingerprint density at radius 2 is 1.71 bits per heavy atom. The lowest BCUT2D eigenvalue weighted by Gasteiger charge is -2.35. The number of rotatable bonds is 5. The van der Waals surface area contributed by atoms with E-state index in [4.69, 9.17) is 4.74 Å². The molecule has 5 nitrogen and oxygen atoms in total. The summed E-state index contributed by atoms with van der Waals surface area (Å²) in [6, 6.07) is 18.2. The maximum atomic E-state index is 13.2. The van der Waals surface area contributed by atoms with Crippen LogP contribution in [0.2, 0.25) is 0 Å². The summed E-state index contributed by atoms with van der Waals surface area (Å²) >= 11 is 0. The monoisotopic (exact) mass is 422 g/mol. The molecule has 31 heavy (non-hydrogen) atoms. The number of amides is 2. The Kier molecular flexibility index (Phi) is 7.04. The van der Waals surface area contributed by atoms with Gasteiger partial charge >= 0.3 is 6.09 Å². The van der Waals surface area contributed by atoms with Crippen LogP contribution in [0, 0.1) is 0 Å². The fourth-order valence-electron chi connectivity index (χ4n) is 4.39. The van der Waals surface area contributed by atoms with Gasteiger partial charge in [-0.15, -0.1) is 0 Å². The first kappa shape index (κ1) is 22.9. The maximum Gasteiger partial charge on any atom is 0.410 e. The number of nitrogens with one attached hydrogen (secondary N) is 1. The molecule has 0 saturated carbocycles. The van der Waals surface area contributed by atoms with E-state index < -0.39 is 5.60 Å². The summed E-state index contributed by atoms with van der Waals surface area (Å²) in [7, 11) is 1.63. The highest BCUT2D eigenvalue weighted by molar-refractivity contribution is 5.93. The van der Waals surface area contributed by atoms with Gasteiger partial charge in [0, 0.05) is 30.6 Å². The second kappa shape index (κ2) is 9.54. The number of likely N-dealkylation sites (tertiary alicyclic amines) is 1. The second-order valence-electron chi connectivity index (χ2n) is 9.37. The van der Waals surface area contributed by atoms with Crippen LogP contribution < -0.4 is 5.32 Å². The number of nitrogens with zero attached hydrogens (tertiary/aromatic N) is 1. The van der Waals surface area contributed by atoms with Crippen molar-refractivity contribution in [2.24, 2.45) is 0 Å². The zero-order valence-corrected chi connectivity index (χ0v) is 19.2. The Labute approximate surface area is 185 Å². The van der Waals surface area contributed by atoms with Gasteiger partial charge in [0.15, 0.2) is 0 Å². The molecule has 3 atom stereocenters. The number of hydrogen-bond acceptors (Lipinski definition) is 3. The van der Waals surface area contributed by atoms with Crippen LogP contribution in [0.5, 0.6) is 0 Å². The minimum atomic E-state index is -0.542. The fourth-order valence-corrected chi connectivity index (χ4v) is 4.39. The molecule has 0 aliphatic carbocycles. The van der Waals surface area contributed by atoms with Crippen LogP contribution in [-0.4, -0.2) is 41.6 Å². The van der Waals surface area contributed by atoms with Crippen molar-refractivity contribution in [3.63, 3.8) is 0 Å². The Balaban J connectivity index is 1.82. The zero-order valence-electron chi connectivity index (χ0n) is 19.2. The van der Waals surface area contributed by atoms with E-state index in [2.05, 4.69) is 24.4 Å². The molecule has 0 bridgehead atoms. The zero-order chi connectivity index (χ0) is 22.6. The summed E-state index contributed by atoms with van der Waals surface area (Å²) in [4.78, 5) is 27.0. The SMILES string of the molecule is CNC(=O)c1ccc(CC2CC[C@H]([C@H](C)c3ccccc3)N2C(=O)OC(C)(C)C)cc1. The van der Waals surface area contributed by atoms with Gasteiger partial charge < -0.3 is 15.0 Å². The highest BCUT2D eigenvalue weighted by atomic mass is 16.6. The van der Waals surface area contributed by atoms with Crippen molar-refractivity contribution in [3.05, 3.63) is 71.3 Å². The largest absolute Gasteiger partial charge is 0.444 e. The van der Waals surface area contributed by atoms with Crippen molar-refractivity contribution >= 4 is 12.0 Å². The summed E-state index contributed by atoms with van der Waals surface area (Å²) in [5.74, 6) is 0.119. The van der Waals surface area contributed by atoms with Crippen molar-refractivity contribution < 1.29 is 14.3 Å². The van der Waals surface area contributed by atoms with E-state index >= 15 is 0 Å². The molecule has 1 heterocycles. The molecule has 1 fully saturated rings. The number of ether oxygens (including phenoxy) is 1. The summed E-state index contributed by atoms with van der Waals surface area (Å²) in [6.07, 6.45) is 2.37. The van der Waals surface area contributed by atoms with Gasteiger partial charge in [-0.25, -0.2) is 4.79 Å². The van der Waals surface area contributed by atoms with Crippen LogP contribution in [0.4, 0.5) is 4.79 Å². The van der Waals surface area contributed by atoms with Gasteiger partial charge in [-0.3, -0.25) is 4.79 Å². The Bertz CT molecular complexity index is 887. The highest BCUT2D eigenvalue weighted by Gasteiger charge is 2.41. The smallest absolute Gasteiger partial charge is 0.410 e. The molecule has 1 N–H and O–H groups in total. The first-order valence-electron chi connectivity index (χ1n) is 11.1. The van der Waals surface area contributed by atoms with E-state index in [-0.39, 0.29) is 30.0 Å².